The van der Waals surface area contributed by atoms with Crippen molar-refractivity contribution in [2.75, 3.05) is 6.54 Å². The predicted molar refractivity (Wildman–Crippen MR) is 78.6 cm³/mol. The number of imidazole rings is 1. The fourth-order valence-electron chi connectivity index (χ4n) is 2.86. The van der Waals surface area contributed by atoms with Gasteiger partial charge in [0, 0.05) is 0 Å². The molecule has 118 valence electrons. The molecular formula is C15H18F2N4O. The molecule has 1 aliphatic rings. The number of hydrogen-bond acceptors (Lipinski definition) is 3. The molecule has 7 heteroatoms. The van der Waals surface area contributed by atoms with Gasteiger partial charge in [-0.1, -0.05) is 12.1 Å². The van der Waals surface area contributed by atoms with Gasteiger partial charge in [0.05, 0.1) is 23.1 Å². The van der Waals surface area contributed by atoms with Crippen LogP contribution in [0.1, 0.15) is 38.2 Å². The highest BCUT2D eigenvalue weighted by atomic mass is 19.3. The first-order chi connectivity index (χ1) is 10.6. The summed E-state index contributed by atoms with van der Waals surface area (Å²) in [6, 6.07) is 5.90. The number of alkyl halides is 2. The Kier molecular flexibility index (Phi) is 4.06. The Hall–Kier alpha value is -2.02. The summed E-state index contributed by atoms with van der Waals surface area (Å²) in [5.41, 5.74) is 0.866. The van der Waals surface area contributed by atoms with E-state index in [1.165, 1.54) is 0 Å². The van der Waals surface area contributed by atoms with Crippen LogP contribution in [0.25, 0.3) is 11.0 Å². The first-order valence-electron chi connectivity index (χ1n) is 7.36. The van der Waals surface area contributed by atoms with Crippen molar-refractivity contribution in [1.29, 1.82) is 0 Å². The first kappa shape index (κ1) is 14.9. The van der Waals surface area contributed by atoms with Crippen LogP contribution in [-0.4, -0.2) is 28.0 Å². The number of halogens is 2. The molecule has 0 bridgehead atoms. The molecule has 1 amide bonds. The minimum absolute atomic E-state index is 0.169. The van der Waals surface area contributed by atoms with E-state index in [0.717, 1.165) is 24.0 Å². The van der Waals surface area contributed by atoms with Crippen molar-refractivity contribution in [3.8, 4) is 0 Å². The van der Waals surface area contributed by atoms with E-state index in [0.29, 0.717) is 11.0 Å². The number of fused-ring (bicyclic) bond motifs is 1. The zero-order valence-corrected chi connectivity index (χ0v) is 12.2. The SMILES string of the molecule is CC(NC(=O)C1CCCN1)c1nc2ccccc2n1C(F)F. The maximum atomic E-state index is 13.4. The maximum Gasteiger partial charge on any atom is 0.320 e. The Morgan fingerprint density at radius 3 is 2.91 bits per heavy atom. The monoisotopic (exact) mass is 308 g/mol. The zero-order valence-electron chi connectivity index (χ0n) is 12.2. The Labute approximate surface area is 126 Å². The summed E-state index contributed by atoms with van der Waals surface area (Å²) in [5, 5.41) is 5.87. The van der Waals surface area contributed by atoms with Gasteiger partial charge in [-0.25, -0.2) is 4.98 Å². The summed E-state index contributed by atoms with van der Waals surface area (Å²) in [6.45, 7) is -0.221. The molecule has 0 spiro atoms. The minimum atomic E-state index is -2.70. The van der Waals surface area contributed by atoms with E-state index in [1.54, 1.807) is 31.2 Å². The van der Waals surface area contributed by atoms with E-state index in [-0.39, 0.29) is 17.8 Å². The van der Waals surface area contributed by atoms with Gasteiger partial charge < -0.3 is 10.6 Å². The molecule has 1 saturated heterocycles. The first-order valence-corrected chi connectivity index (χ1v) is 7.36. The number of hydrogen-bond donors (Lipinski definition) is 2. The number of carbonyl (C=O) groups excluding carboxylic acids is 1. The normalized spacial score (nSPS) is 19.7. The minimum Gasteiger partial charge on any atom is -0.345 e. The molecule has 2 unspecified atom stereocenters. The second kappa shape index (κ2) is 6.00. The van der Waals surface area contributed by atoms with Gasteiger partial charge in [0.15, 0.2) is 0 Å². The van der Waals surface area contributed by atoms with E-state index >= 15 is 0 Å². The molecular weight excluding hydrogens is 290 g/mol. The number of aromatic nitrogens is 2. The van der Waals surface area contributed by atoms with Crippen LogP contribution in [0.3, 0.4) is 0 Å². The molecule has 0 aliphatic carbocycles. The fraction of sp³-hybridized carbons (Fsp3) is 0.467. The molecule has 5 nitrogen and oxygen atoms in total. The number of para-hydroxylation sites is 2. The number of rotatable bonds is 4. The molecule has 1 aliphatic heterocycles. The third kappa shape index (κ3) is 2.68. The Balaban J connectivity index is 1.88. The van der Waals surface area contributed by atoms with Crippen LogP contribution in [0.5, 0.6) is 0 Å². The average molecular weight is 308 g/mol. The van der Waals surface area contributed by atoms with Gasteiger partial charge in [0.1, 0.15) is 5.82 Å². The molecule has 2 atom stereocenters. The summed E-state index contributed by atoms with van der Waals surface area (Å²) in [5.74, 6) is 0.000388. The lowest BCUT2D eigenvalue weighted by molar-refractivity contribution is -0.123. The van der Waals surface area contributed by atoms with Crippen LogP contribution >= 0.6 is 0 Å². The molecule has 22 heavy (non-hydrogen) atoms. The summed E-state index contributed by atoms with van der Waals surface area (Å²) in [7, 11) is 0. The lowest BCUT2D eigenvalue weighted by Crippen LogP contribution is -2.42. The molecule has 0 radical (unpaired) electrons. The van der Waals surface area contributed by atoms with Crippen LogP contribution in [0.15, 0.2) is 24.3 Å². The third-order valence-electron chi connectivity index (χ3n) is 3.94. The van der Waals surface area contributed by atoms with E-state index < -0.39 is 12.6 Å². The Morgan fingerprint density at radius 2 is 2.23 bits per heavy atom. The molecule has 0 saturated carbocycles. The van der Waals surface area contributed by atoms with Gasteiger partial charge in [-0.05, 0) is 38.4 Å². The highest BCUT2D eigenvalue weighted by Crippen LogP contribution is 2.26. The van der Waals surface area contributed by atoms with Crippen molar-refractivity contribution in [2.24, 2.45) is 0 Å². The van der Waals surface area contributed by atoms with Crippen molar-refractivity contribution >= 4 is 16.9 Å². The number of benzene rings is 1. The third-order valence-corrected chi connectivity index (χ3v) is 3.94. The summed E-state index contributed by atoms with van der Waals surface area (Å²) in [6.07, 6.45) is 1.71. The summed E-state index contributed by atoms with van der Waals surface area (Å²) >= 11 is 0. The van der Waals surface area contributed by atoms with Crippen molar-refractivity contribution < 1.29 is 13.6 Å². The van der Waals surface area contributed by atoms with Crippen LogP contribution in [0.4, 0.5) is 8.78 Å². The summed E-state index contributed by atoms with van der Waals surface area (Å²) in [4.78, 5) is 16.4. The quantitative estimate of drug-likeness (QED) is 0.911. The average Bonchev–Trinajstić information content (AvgIpc) is 3.14. The molecule has 2 heterocycles. The number of nitrogens with one attached hydrogen (secondary N) is 2. The van der Waals surface area contributed by atoms with E-state index in [1.807, 2.05) is 0 Å². The van der Waals surface area contributed by atoms with Crippen molar-refractivity contribution in [3.05, 3.63) is 30.1 Å². The summed E-state index contributed by atoms with van der Waals surface area (Å²) < 4.78 is 27.7. The van der Waals surface area contributed by atoms with Crippen LogP contribution in [0.2, 0.25) is 0 Å². The van der Waals surface area contributed by atoms with Gasteiger partial charge in [0.25, 0.3) is 0 Å². The molecule has 3 rings (SSSR count). The Bertz CT molecular complexity index is 679. The molecule has 2 aromatic rings. The van der Waals surface area contributed by atoms with Crippen molar-refractivity contribution in [3.63, 3.8) is 0 Å². The van der Waals surface area contributed by atoms with Crippen molar-refractivity contribution in [2.45, 2.75) is 38.4 Å². The number of nitrogens with zero attached hydrogens (tertiary/aromatic N) is 2. The number of amides is 1. The highest BCUT2D eigenvalue weighted by Gasteiger charge is 2.27. The largest absolute Gasteiger partial charge is 0.345 e. The lowest BCUT2D eigenvalue weighted by atomic mass is 10.2. The van der Waals surface area contributed by atoms with Crippen LogP contribution < -0.4 is 10.6 Å². The lowest BCUT2D eigenvalue weighted by Gasteiger charge is -2.18. The topological polar surface area (TPSA) is 59.0 Å². The van der Waals surface area contributed by atoms with Crippen LogP contribution in [0, 0.1) is 0 Å². The van der Waals surface area contributed by atoms with E-state index in [2.05, 4.69) is 15.6 Å². The van der Waals surface area contributed by atoms with Gasteiger partial charge in [-0.3, -0.25) is 9.36 Å². The second-order valence-corrected chi connectivity index (χ2v) is 5.49. The molecule has 2 N–H and O–H groups in total. The smallest absolute Gasteiger partial charge is 0.320 e. The highest BCUT2D eigenvalue weighted by molar-refractivity contribution is 5.82. The van der Waals surface area contributed by atoms with Gasteiger partial charge in [-0.2, -0.15) is 8.78 Å². The second-order valence-electron chi connectivity index (χ2n) is 5.49. The standard InChI is InChI=1S/C15H18F2N4O/c1-9(19-14(22)11-6-4-8-18-11)13-20-10-5-2-3-7-12(10)21(13)15(16)17/h2-3,5,7,9,11,15,18H,4,6,8H2,1H3,(H,19,22). The van der Waals surface area contributed by atoms with Gasteiger partial charge in [0.2, 0.25) is 5.91 Å². The van der Waals surface area contributed by atoms with Crippen LogP contribution in [-0.2, 0) is 4.79 Å². The molecule has 1 fully saturated rings. The molecule has 1 aromatic carbocycles. The fourth-order valence-corrected chi connectivity index (χ4v) is 2.86. The Morgan fingerprint density at radius 1 is 1.45 bits per heavy atom. The van der Waals surface area contributed by atoms with Gasteiger partial charge in [-0.15, -0.1) is 0 Å². The predicted octanol–water partition coefficient (Wildman–Crippen LogP) is 2.36. The van der Waals surface area contributed by atoms with Gasteiger partial charge >= 0.3 is 6.55 Å². The zero-order chi connectivity index (χ0) is 15.7. The van der Waals surface area contributed by atoms with E-state index in [4.69, 9.17) is 0 Å². The number of carbonyl (C=O) groups is 1. The molecule has 1 aromatic heterocycles. The maximum absolute atomic E-state index is 13.4. The van der Waals surface area contributed by atoms with E-state index in [9.17, 15) is 13.6 Å². The van der Waals surface area contributed by atoms with Crippen molar-refractivity contribution in [1.82, 2.24) is 20.2 Å².